The van der Waals surface area contributed by atoms with Gasteiger partial charge in [0.1, 0.15) is 4.87 Å². The van der Waals surface area contributed by atoms with Crippen molar-refractivity contribution in [2.75, 3.05) is 18.0 Å². The van der Waals surface area contributed by atoms with Crippen LogP contribution in [-0.4, -0.2) is 23.1 Å². The summed E-state index contributed by atoms with van der Waals surface area (Å²) in [5.41, 5.74) is 9.70. The molecule has 0 saturated carbocycles. The third kappa shape index (κ3) is 1.34. The average molecular weight is 282 g/mol. The fourth-order valence-electron chi connectivity index (χ4n) is 3.24. The molecule has 0 spiro atoms. The lowest BCUT2D eigenvalue weighted by Crippen LogP contribution is -2.37. The predicted molar refractivity (Wildman–Crippen MR) is 81.6 cm³/mol. The zero-order chi connectivity index (χ0) is 13.7. The summed E-state index contributed by atoms with van der Waals surface area (Å²) in [5, 5.41) is 0. The second kappa shape index (κ2) is 4.03. The number of amides is 1. The lowest BCUT2D eigenvalue weighted by Gasteiger charge is -2.32. The molecule has 2 aliphatic heterocycles. The molecule has 2 aliphatic rings. The number of nitrogens with zero attached hydrogens (tertiary/aromatic N) is 1. The van der Waals surface area contributed by atoms with E-state index < -0.39 is 0 Å². The standard InChI is InChI=1S/C16H14N2OS/c17-12-5-3-4-11(10-12)16-14-7-2-1-6-13(14)15(19)18(16)8-9-20-16/h1-7,10H,8-9,17H2. The van der Waals surface area contributed by atoms with Crippen molar-refractivity contribution in [3.8, 4) is 0 Å². The highest BCUT2D eigenvalue weighted by Gasteiger charge is 2.54. The van der Waals surface area contributed by atoms with Gasteiger partial charge in [-0.25, -0.2) is 0 Å². The third-order valence-corrected chi connectivity index (χ3v) is 5.53. The molecule has 0 aromatic heterocycles. The molecular formula is C16H14N2OS. The number of hydrogen-bond donors (Lipinski definition) is 1. The van der Waals surface area contributed by atoms with Gasteiger partial charge in [-0.15, -0.1) is 11.8 Å². The van der Waals surface area contributed by atoms with Gasteiger partial charge in [0.2, 0.25) is 0 Å². The van der Waals surface area contributed by atoms with E-state index in [1.165, 1.54) is 0 Å². The van der Waals surface area contributed by atoms with Crippen LogP contribution in [0.4, 0.5) is 5.69 Å². The molecule has 1 amide bonds. The van der Waals surface area contributed by atoms with Gasteiger partial charge in [0, 0.05) is 29.1 Å². The van der Waals surface area contributed by atoms with E-state index in [4.69, 9.17) is 5.73 Å². The van der Waals surface area contributed by atoms with Gasteiger partial charge < -0.3 is 10.6 Å². The summed E-state index contributed by atoms with van der Waals surface area (Å²) in [6.07, 6.45) is 0. The van der Waals surface area contributed by atoms with E-state index in [1.807, 2.05) is 53.1 Å². The number of hydrogen-bond acceptors (Lipinski definition) is 3. The summed E-state index contributed by atoms with van der Waals surface area (Å²) in [6.45, 7) is 0.785. The molecule has 2 aromatic carbocycles. The Bertz CT molecular complexity index is 715. The molecule has 4 rings (SSSR count). The van der Waals surface area contributed by atoms with Crippen molar-refractivity contribution in [1.29, 1.82) is 0 Å². The summed E-state index contributed by atoms with van der Waals surface area (Å²) in [4.78, 5) is 14.2. The predicted octanol–water partition coefficient (Wildman–Crippen LogP) is 2.67. The Hall–Kier alpha value is -1.94. The lowest BCUT2D eigenvalue weighted by atomic mass is 9.97. The van der Waals surface area contributed by atoms with Crippen LogP contribution in [0.2, 0.25) is 0 Å². The molecule has 2 N–H and O–H groups in total. The summed E-state index contributed by atoms with van der Waals surface area (Å²) in [7, 11) is 0. The van der Waals surface area contributed by atoms with Gasteiger partial charge in [-0.2, -0.15) is 0 Å². The largest absolute Gasteiger partial charge is 0.399 e. The molecule has 1 atom stereocenters. The van der Waals surface area contributed by atoms with Crippen molar-refractivity contribution in [2.45, 2.75) is 4.87 Å². The number of carbonyl (C=O) groups is 1. The highest BCUT2D eigenvalue weighted by molar-refractivity contribution is 8.00. The van der Waals surface area contributed by atoms with Crippen molar-refractivity contribution >= 4 is 23.4 Å². The molecule has 2 heterocycles. The van der Waals surface area contributed by atoms with Gasteiger partial charge in [-0.3, -0.25) is 4.79 Å². The van der Waals surface area contributed by atoms with Crippen LogP contribution < -0.4 is 5.73 Å². The van der Waals surface area contributed by atoms with E-state index in [9.17, 15) is 4.79 Å². The normalized spacial score (nSPS) is 23.8. The maximum absolute atomic E-state index is 12.6. The molecule has 4 heteroatoms. The molecule has 1 saturated heterocycles. The Morgan fingerprint density at radius 1 is 1.15 bits per heavy atom. The second-order valence-electron chi connectivity index (χ2n) is 5.12. The van der Waals surface area contributed by atoms with Crippen LogP contribution in [0.5, 0.6) is 0 Å². The number of anilines is 1. The number of nitrogen functional groups attached to an aromatic ring is 1. The molecule has 0 radical (unpaired) electrons. The molecule has 20 heavy (non-hydrogen) atoms. The van der Waals surface area contributed by atoms with Crippen molar-refractivity contribution in [3.63, 3.8) is 0 Å². The number of carbonyl (C=O) groups excluding carboxylic acids is 1. The minimum absolute atomic E-state index is 0.132. The van der Waals surface area contributed by atoms with Crippen LogP contribution in [-0.2, 0) is 4.87 Å². The van der Waals surface area contributed by atoms with Gasteiger partial charge in [0.05, 0.1) is 0 Å². The van der Waals surface area contributed by atoms with Crippen LogP contribution in [0, 0.1) is 0 Å². The molecular weight excluding hydrogens is 268 g/mol. The highest BCUT2D eigenvalue weighted by Crippen LogP contribution is 2.55. The van der Waals surface area contributed by atoms with Gasteiger partial charge >= 0.3 is 0 Å². The van der Waals surface area contributed by atoms with Gasteiger partial charge in [-0.05, 0) is 23.8 Å². The zero-order valence-electron chi connectivity index (χ0n) is 10.9. The monoisotopic (exact) mass is 282 g/mol. The van der Waals surface area contributed by atoms with Crippen LogP contribution in [0.15, 0.2) is 48.5 Å². The minimum Gasteiger partial charge on any atom is -0.399 e. The van der Waals surface area contributed by atoms with Gasteiger partial charge in [0.15, 0.2) is 0 Å². The molecule has 2 aromatic rings. The second-order valence-corrected chi connectivity index (χ2v) is 6.41. The Kier molecular flexibility index (Phi) is 2.39. The van der Waals surface area contributed by atoms with E-state index in [1.54, 1.807) is 0 Å². The molecule has 3 nitrogen and oxygen atoms in total. The lowest BCUT2D eigenvalue weighted by molar-refractivity contribution is 0.0752. The Balaban J connectivity index is 2.01. The van der Waals surface area contributed by atoms with E-state index in [-0.39, 0.29) is 10.8 Å². The van der Waals surface area contributed by atoms with E-state index in [0.717, 1.165) is 34.7 Å². The topological polar surface area (TPSA) is 46.3 Å². The van der Waals surface area contributed by atoms with Crippen LogP contribution in [0.1, 0.15) is 21.5 Å². The minimum atomic E-state index is -0.386. The SMILES string of the molecule is Nc1cccc(C23SCCN2C(=O)c2ccccc23)c1. The Labute approximate surface area is 121 Å². The first kappa shape index (κ1) is 11.9. The first-order valence-electron chi connectivity index (χ1n) is 6.65. The first-order valence-corrected chi connectivity index (χ1v) is 7.63. The molecule has 1 unspecified atom stereocenters. The smallest absolute Gasteiger partial charge is 0.255 e. The average Bonchev–Trinajstić information content (AvgIpc) is 3.00. The fourth-order valence-corrected chi connectivity index (χ4v) is 4.77. The quantitative estimate of drug-likeness (QED) is 0.818. The van der Waals surface area contributed by atoms with Gasteiger partial charge in [0.25, 0.3) is 5.91 Å². The van der Waals surface area contributed by atoms with Crippen molar-refractivity contribution in [1.82, 2.24) is 4.90 Å². The summed E-state index contributed by atoms with van der Waals surface area (Å²) < 4.78 is 0. The highest BCUT2D eigenvalue weighted by atomic mass is 32.2. The number of nitrogens with two attached hydrogens (primary N) is 1. The number of fused-ring (bicyclic) bond motifs is 3. The van der Waals surface area contributed by atoms with Crippen molar-refractivity contribution in [2.24, 2.45) is 0 Å². The van der Waals surface area contributed by atoms with E-state index in [2.05, 4.69) is 12.1 Å². The molecule has 1 fully saturated rings. The summed E-state index contributed by atoms with van der Waals surface area (Å²) in [6, 6.07) is 15.8. The molecule has 100 valence electrons. The maximum atomic E-state index is 12.6. The summed E-state index contributed by atoms with van der Waals surface area (Å²) in [5.74, 6) is 1.09. The van der Waals surface area contributed by atoms with Gasteiger partial charge in [-0.1, -0.05) is 30.3 Å². The maximum Gasteiger partial charge on any atom is 0.255 e. The first-order chi connectivity index (χ1) is 9.73. The third-order valence-electron chi connectivity index (χ3n) is 4.05. The Morgan fingerprint density at radius 3 is 2.85 bits per heavy atom. The van der Waals surface area contributed by atoms with Crippen LogP contribution >= 0.6 is 11.8 Å². The van der Waals surface area contributed by atoms with Crippen LogP contribution in [0.3, 0.4) is 0 Å². The zero-order valence-corrected chi connectivity index (χ0v) is 11.7. The van der Waals surface area contributed by atoms with E-state index >= 15 is 0 Å². The number of rotatable bonds is 1. The molecule has 0 aliphatic carbocycles. The number of thioether (sulfide) groups is 1. The van der Waals surface area contributed by atoms with Crippen LogP contribution in [0.25, 0.3) is 0 Å². The Morgan fingerprint density at radius 2 is 2.00 bits per heavy atom. The van der Waals surface area contributed by atoms with Crippen molar-refractivity contribution < 1.29 is 4.79 Å². The summed E-state index contributed by atoms with van der Waals surface area (Å²) >= 11 is 1.82. The van der Waals surface area contributed by atoms with Crippen molar-refractivity contribution in [3.05, 3.63) is 65.2 Å². The number of benzene rings is 2. The molecule has 0 bridgehead atoms. The van der Waals surface area contributed by atoms with E-state index in [0.29, 0.717) is 0 Å². The fraction of sp³-hybridized carbons (Fsp3) is 0.188.